The number of nitrogens with zero attached hydrogens (tertiary/aromatic N) is 2. The van der Waals surface area contributed by atoms with E-state index in [1.165, 1.54) is 20.5 Å². The Bertz CT molecular complexity index is 1020. The fourth-order valence-corrected chi connectivity index (χ4v) is 2.49. The monoisotopic (exact) mass is 394 g/mol. The van der Waals surface area contributed by atoms with Gasteiger partial charge in [0.15, 0.2) is 0 Å². The van der Waals surface area contributed by atoms with Crippen molar-refractivity contribution in [3.8, 4) is 29.0 Å². The summed E-state index contributed by atoms with van der Waals surface area (Å²) in [6.45, 7) is 0. The van der Waals surface area contributed by atoms with Crippen LogP contribution in [0.5, 0.6) is 29.0 Å². The predicted molar refractivity (Wildman–Crippen MR) is 104 cm³/mol. The molecule has 0 saturated heterocycles. The number of aliphatic carboxylic acids is 1. The minimum Gasteiger partial charge on any atom is -0.503 e. The molecule has 2 aromatic carbocycles. The normalized spacial score (nSPS) is 10.9. The topological polar surface area (TPSA) is 100 Å². The minimum absolute atomic E-state index is 0.000545. The lowest BCUT2D eigenvalue weighted by Crippen LogP contribution is -2.07. The highest BCUT2D eigenvalue weighted by Crippen LogP contribution is 2.35. The van der Waals surface area contributed by atoms with Gasteiger partial charge in [-0.05, 0) is 24.3 Å². The van der Waals surface area contributed by atoms with Gasteiger partial charge in [0, 0.05) is 6.07 Å². The van der Waals surface area contributed by atoms with Crippen molar-refractivity contribution in [1.82, 2.24) is 9.97 Å². The maximum absolute atomic E-state index is 11.7. The molecule has 1 N–H and O–H groups in total. The lowest BCUT2D eigenvalue weighted by atomic mass is 10.1. The van der Waals surface area contributed by atoms with Crippen molar-refractivity contribution < 1.29 is 28.8 Å². The maximum atomic E-state index is 11.7. The Balaban J connectivity index is 1.95. The fourth-order valence-electron chi connectivity index (χ4n) is 2.49. The smallest absolute Gasteiger partial charge is 0.339 e. The van der Waals surface area contributed by atoms with Crippen LogP contribution in [-0.4, -0.2) is 35.3 Å². The number of rotatable bonds is 8. The summed E-state index contributed by atoms with van der Waals surface area (Å²) in [7, 11) is 2.71. The molecule has 0 aliphatic heterocycles. The van der Waals surface area contributed by atoms with E-state index in [-0.39, 0.29) is 22.9 Å². The average Bonchev–Trinajstić information content (AvgIpc) is 2.73. The summed E-state index contributed by atoms with van der Waals surface area (Å²) >= 11 is 0. The molecular formula is C21H18N2O6. The van der Waals surface area contributed by atoms with Gasteiger partial charge in [-0.3, -0.25) is 0 Å². The number of carboxylic acid groups (broad SMARTS) is 1. The number of carbonyl (C=O) groups is 1. The number of carboxylic acids is 1. The van der Waals surface area contributed by atoms with Crippen molar-refractivity contribution in [2.24, 2.45) is 0 Å². The molecule has 1 aromatic heterocycles. The molecule has 0 unspecified atom stereocenters. The second-order valence-corrected chi connectivity index (χ2v) is 5.63. The zero-order valence-electron chi connectivity index (χ0n) is 15.7. The van der Waals surface area contributed by atoms with E-state index < -0.39 is 5.97 Å². The van der Waals surface area contributed by atoms with E-state index in [1.54, 1.807) is 24.3 Å². The molecule has 0 aliphatic carbocycles. The average molecular weight is 394 g/mol. The maximum Gasteiger partial charge on any atom is 0.339 e. The highest BCUT2D eigenvalue weighted by Gasteiger charge is 2.24. The van der Waals surface area contributed by atoms with Crippen molar-refractivity contribution >= 4 is 11.5 Å². The molecule has 0 aliphatic rings. The molecule has 1 heterocycles. The Hall–Kier alpha value is -4.07. The number of aromatic nitrogens is 2. The van der Waals surface area contributed by atoms with E-state index in [0.29, 0.717) is 17.2 Å². The fraction of sp³-hybridized carbons (Fsp3) is 0.0952. The van der Waals surface area contributed by atoms with Crippen LogP contribution in [0.15, 0.2) is 67.2 Å². The van der Waals surface area contributed by atoms with Crippen LogP contribution in [0, 0.1) is 0 Å². The van der Waals surface area contributed by atoms with Crippen molar-refractivity contribution in [3.05, 3.63) is 72.8 Å². The van der Waals surface area contributed by atoms with Crippen LogP contribution in [0.1, 0.15) is 5.56 Å². The molecular weight excluding hydrogens is 376 g/mol. The molecule has 0 spiro atoms. The SMILES string of the molecule is CO/C=C(\C(=O)O)c1c(OC)ncnc1Oc1cccc(Oc2ccccc2)c1. The second kappa shape index (κ2) is 9.23. The lowest BCUT2D eigenvalue weighted by molar-refractivity contribution is -0.130. The quantitative estimate of drug-likeness (QED) is 0.449. The van der Waals surface area contributed by atoms with Crippen molar-refractivity contribution in [2.45, 2.75) is 0 Å². The van der Waals surface area contributed by atoms with E-state index in [9.17, 15) is 9.90 Å². The first-order valence-corrected chi connectivity index (χ1v) is 8.48. The van der Waals surface area contributed by atoms with Crippen LogP contribution < -0.4 is 14.2 Å². The highest BCUT2D eigenvalue weighted by molar-refractivity contribution is 6.16. The molecule has 0 atom stereocenters. The first-order valence-electron chi connectivity index (χ1n) is 8.48. The molecule has 0 amide bonds. The van der Waals surface area contributed by atoms with Crippen molar-refractivity contribution in [2.75, 3.05) is 14.2 Å². The van der Waals surface area contributed by atoms with E-state index >= 15 is 0 Å². The van der Waals surface area contributed by atoms with Gasteiger partial charge in [0.05, 0.1) is 20.5 Å². The van der Waals surface area contributed by atoms with Gasteiger partial charge in [0.2, 0.25) is 11.8 Å². The Morgan fingerprint density at radius 1 is 0.897 bits per heavy atom. The highest BCUT2D eigenvalue weighted by atomic mass is 16.5. The standard InChI is InChI=1S/C21H18N2O6/c1-26-12-17(21(24)25)18-19(27-2)22-13-23-20(18)29-16-10-6-9-15(11-16)28-14-7-4-3-5-8-14/h3-13H,1-2H3,(H,24,25)/b17-12-. The zero-order chi connectivity index (χ0) is 20.6. The third-order valence-corrected chi connectivity index (χ3v) is 3.71. The van der Waals surface area contributed by atoms with Crippen molar-refractivity contribution in [1.29, 1.82) is 0 Å². The van der Waals surface area contributed by atoms with Crippen LogP contribution in [0.25, 0.3) is 5.57 Å². The molecule has 0 fully saturated rings. The lowest BCUT2D eigenvalue weighted by Gasteiger charge is -2.13. The molecule has 3 aromatic rings. The van der Waals surface area contributed by atoms with Crippen LogP contribution in [0.4, 0.5) is 0 Å². The largest absolute Gasteiger partial charge is 0.503 e. The molecule has 0 saturated carbocycles. The van der Waals surface area contributed by atoms with Crippen LogP contribution in [0.3, 0.4) is 0 Å². The first kappa shape index (κ1) is 19.7. The van der Waals surface area contributed by atoms with Crippen LogP contribution in [-0.2, 0) is 9.53 Å². The summed E-state index contributed by atoms with van der Waals surface area (Å²) in [5, 5.41) is 9.54. The number of hydrogen-bond acceptors (Lipinski definition) is 7. The molecule has 0 bridgehead atoms. The molecule has 29 heavy (non-hydrogen) atoms. The summed E-state index contributed by atoms with van der Waals surface area (Å²) in [4.78, 5) is 19.7. The summed E-state index contributed by atoms with van der Waals surface area (Å²) in [5.74, 6) is 0.401. The first-order chi connectivity index (χ1) is 14.1. The number of methoxy groups -OCH3 is 2. The number of ether oxygens (including phenoxy) is 4. The molecule has 8 nitrogen and oxygen atoms in total. The molecule has 3 rings (SSSR count). The minimum atomic E-state index is -1.24. The number of benzene rings is 2. The van der Waals surface area contributed by atoms with Crippen LogP contribution in [0.2, 0.25) is 0 Å². The van der Waals surface area contributed by atoms with Gasteiger partial charge in [-0.15, -0.1) is 0 Å². The van der Waals surface area contributed by atoms with Gasteiger partial charge in [0.25, 0.3) is 0 Å². The summed E-state index contributed by atoms with van der Waals surface area (Å²) < 4.78 is 21.7. The third-order valence-electron chi connectivity index (χ3n) is 3.71. The Labute approximate surface area is 167 Å². The zero-order valence-corrected chi connectivity index (χ0v) is 15.7. The van der Waals surface area contributed by atoms with Crippen molar-refractivity contribution in [3.63, 3.8) is 0 Å². The summed E-state index contributed by atoms with van der Waals surface area (Å²) in [5.41, 5.74) is -0.157. The van der Waals surface area contributed by atoms with Gasteiger partial charge in [0.1, 0.15) is 34.7 Å². The Kier molecular flexibility index (Phi) is 6.26. The van der Waals surface area contributed by atoms with Gasteiger partial charge < -0.3 is 24.1 Å². The molecule has 0 radical (unpaired) electrons. The summed E-state index contributed by atoms with van der Waals surface area (Å²) in [6, 6.07) is 16.1. The van der Waals surface area contributed by atoms with E-state index in [1.807, 2.05) is 30.3 Å². The number of para-hydroxylation sites is 1. The second-order valence-electron chi connectivity index (χ2n) is 5.63. The van der Waals surface area contributed by atoms with Crippen LogP contribution >= 0.6 is 0 Å². The molecule has 8 heteroatoms. The van der Waals surface area contributed by atoms with Gasteiger partial charge in [-0.1, -0.05) is 24.3 Å². The number of hydrogen-bond donors (Lipinski definition) is 1. The predicted octanol–water partition coefficient (Wildman–Crippen LogP) is 4.14. The van der Waals surface area contributed by atoms with Gasteiger partial charge >= 0.3 is 5.97 Å². The van der Waals surface area contributed by atoms with Gasteiger partial charge in [-0.2, -0.15) is 0 Å². The van der Waals surface area contributed by atoms with E-state index in [4.69, 9.17) is 18.9 Å². The Morgan fingerprint density at radius 2 is 1.55 bits per heavy atom. The van der Waals surface area contributed by atoms with Gasteiger partial charge in [-0.25, -0.2) is 14.8 Å². The third kappa shape index (κ3) is 4.81. The Morgan fingerprint density at radius 3 is 2.21 bits per heavy atom. The van der Waals surface area contributed by atoms with E-state index in [0.717, 1.165) is 6.26 Å². The van der Waals surface area contributed by atoms with E-state index in [2.05, 4.69) is 9.97 Å². The summed E-state index contributed by atoms with van der Waals surface area (Å²) in [6.07, 6.45) is 2.28. The molecule has 148 valence electrons.